The highest BCUT2D eigenvalue weighted by Gasteiger charge is 2.17. The lowest BCUT2D eigenvalue weighted by Crippen LogP contribution is -2.47. The van der Waals surface area contributed by atoms with Gasteiger partial charge in [-0.3, -0.25) is 0 Å². The summed E-state index contributed by atoms with van der Waals surface area (Å²) in [5.74, 6) is 0. The summed E-state index contributed by atoms with van der Waals surface area (Å²) in [5, 5.41) is 0. The van der Waals surface area contributed by atoms with E-state index in [1.807, 2.05) is 6.92 Å². The van der Waals surface area contributed by atoms with Crippen molar-refractivity contribution in [3.05, 3.63) is 12.2 Å². The van der Waals surface area contributed by atoms with Crippen molar-refractivity contribution in [1.29, 1.82) is 0 Å². The standard InChI is InChI=1S/C8H19N2/c1-5-6-8(7-9)10(2,3)4/h5-6,8H,7,9H2,1-4H3/q+1. The summed E-state index contributed by atoms with van der Waals surface area (Å²) in [6.07, 6.45) is 4.21. The smallest absolute Gasteiger partial charge is 0.119 e. The molecule has 0 heterocycles. The summed E-state index contributed by atoms with van der Waals surface area (Å²) in [7, 11) is 6.45. The topological polar surface area (TPSA) is 26.0 Å². The Hall–Kier alpha value is -0.340. The van der Waals surface area contributed by atoms with Crippen LogP contribution in [0, 0.1) is 0 Å². The van der Waals surface area contributed by atoms with Crippen LogP contribution in [0.3, 0.4) is 0 Å². The summed E-state index contributed by atoms with van der Waals surface area (Å²) >= 11 is 0. The van der Waals surface area contributed by atoms with Crippen LogP contribution >= 0.6 is 0 Å². The predicted octanol–water partition coefficient (Wildman–Crippen LogP) is 0.596. The fourth-order valence-electron chi connectivity index (χ4n) is 0.875. The third kappa shape index (κ3) is 2.99. The number of allylic oxidation sites excluding steroid dienone is 1. The van der Waals surface area contributed by atoms with Gasteiger partial charge in [-0.15, -0.1) is 0 Å². The van der Waals surface area contributed by atoms with Crippen molar-refractivity contribution < 1.29 is 4.48 Å². The number of hydrogen-bond donors (Lipinski definition) is 1. The molecule has 1 atom stereocenters. The van der Waals surface area contributed by atoms with Gasteiger partial charge in [0, 0.05) is 6.54 Å². The summed E-state index contributed by atoms with van der Waals surface area (Å²) in [4.78, 5) is 0. The quantitative estimate of drug-likeness (QED) is 0.454. The number of likely N-dealkylation sites (N-methyl/N-ethyl adjacent to an activating group) is 1. The van der Waals surface area contributed by atoms with E-state index < -0.39 is 0 Å². The normalized spacial score (nSPS) is 16.1. The Morgan fingerprint density at radius 2 is 1.90 bits per heavy atom. The van der Waals surface area contributed by atoms with Crippen LogP contribution in [0.5, 0.6) is 0 Å². The highest BCUT2D eigenvalue weighted by Crippen LogP contribution is 2.01. The van der Waals surface area contributed by atoms with E-state index in [1.54, 1.807) is 0 Å². The van der Waals surface area contributed by atoms with Gasteiger partial charge in [-0.25, -0.2) is 0 Å². The molecule has 0 aromatic rings. The molecule has 0 aromatic carbocycles. The van der Waals surface area contributed by atoms with Crippen molar-refractivity contribution in [2.24, 2.45) is 5.73 Å². The molecule has 0 saturated heterocycles. The van der Waals surface area contributed by atoms with E-state index in [0.29, 0.717) is 12.6 Å². The van der Waals surface area contributed by atoms with E-state index in [0.717, 1.165) is 4.48 Å². The minimum Gasteiger partial charge on any atom is -0.325 e. The summed E-state index contributed by atoms with van der Waals surface area (Å²) < 4.78 is 0.904. The second-order valence-corrected chi connectivity index (χ2v) is 3.45. The summed E-state index contributed by atoms with van der Waals surface area (Å²) in [5.41, 5.74) is 5.58. The first kappa shape index (κ1) is 9.66. The molecule has 2 nitrogen and oxygen atoms in total. The second-order valence-electron chi connectivity index (χ2n) is 3.45. The molecule has 0 aromatic heterocycles. The van der Waals surface area contributed by atoms with E-state index >= 15 is 0 Å². The average molecular weight is 143 g/mol. The van der Waals surface area contributed by atoms with Gasteiger partial charge in [-0.1, -0.05) is 6.08 Å². The van der Waals surface area contributed by atoms with Crippen molar-refractivity contribution in [2.45, 2.75) is 13.0 Å². The highest BCUT2D eigenvalue weighted by molar-refractivity contribution is 4.87. The lowest BCUT2D eigenvalue weighted by molar-refractivity contribution is -0.887. The van der Waals surface area contributed by atoms with E-state index in [9.17, 15) is 0 Å². The molecule has 0 aliphatic rings. The molecule has 0 spiro atoms. The van der Waals surface area contributed by atoms with Crippen molar-refractivity contribution in [3.63, 3.8) is 0 Å². The van der Waals surface area contributed by atoms with Crippen molar-refractivity contribution in [3.8, 4) is 0 Å². The molecule has 0 bridgehead atoms. The van der Waals surface area contributed by atoms with Gasteiger partial charge in [0.2, 0.25) is 0 Å². The van der Waals surface area contributed by atoms with Crippen molar-refractivity contribution in [2.75, 3.05) is 27.7 Å². The molecule has 10 heavy (non-hydrogen) atoms. The molecule has 1 unspecified atom stereocenters. The number of quaternary nitrogens is 1. The highest BCUT2D eigenvalue weighted by atomic mass is 15.3. The second kappa shape index (κ2) is 3.74. The maximum Gasteiger partial charge on any atom is 0.119 e. The Kier molecular flexibility index (Phi) is 3.61. The minimum absolute atomic E-state index is 0.449. The average Bonchev–Trinajstić information content (AvgIpc) is 1.80. The van der Waals surface area contributed by atoms with E-state index in [1.165, 1.54) is 0 Å². The van der Waals surface area contributed by atoms with E-state index in [4.69, 9.17) is 5.73 Å². The Balaban J connectivity index is 4.07. The molecule has 0 saturated carbocycles. The van der Waals surface area contributed by atoms with Crippen LogP contribution in [-0.2, 0) is 0 Å². The first-order chi connectivity index (χ1) is 4.52. The van der Waals surface area contributed by atoms with Crippen molar-refractivity contribution in [1.82, 2.24) is 0 Å². The molecule has 2 N–H and O–H groups in total. The number of hydrogen-bond acceptors (Lipinski definition) is 1. The lowest BCUT2D eigenvalue weighted by atomic mass is 10.2. The zero-order valence-electron chi connectivity index (χ0n) is 7.46. The van der Waals surface area contributed by atoms with Crippen LogP contribution in [-0.4, -0.2) is 38.2 Å². The molecule has 0 amide bonds. The Bertz CT molecular complexity index is 111. The molecular weight excluding hydrogens is 124 g/mol. The predicted molar refractivity (Wildman–Crippen MR) is 45.7 cm³/mol. The maximum absolute atomic E-state index is 5.58. The van der Waals surface area contributed by atoms with E-state index in [2.05, 4.69) is 33.3 Å². The molecule has 0 rings (SSSR count). The lowest BCUT2D eigenvalue weighted by Gasteiger charge is -2.31. The van der Waals surface area contributed by atoms with Crippen LogP contribution in [0.15, 0.2) is 12.2 Å². The van der Waals surface area contributed by atoms with Gasteiger partial charge < -0.3 is 10.2 Å². The van der Waals surface area contributed by atoms with Gasteiger partial charge in [-0.2, -0.15) is 0 Å². The van der Waals surface area contributed by atoms with Gasteiger partial charge >= 0.3 is 0 Å². The molecule has 0 radical (unpaired) electrons. The molecule has 0 aliphatic carbocycles. The first-order valence-corrected chi connectivity index (χ1v) is 3.66. The molecular formula is C8H19N2+. The number of nitrogens with zero attached hydrogens (tertiary/aromatic N) is 1. The zero-order valence-corrected chi connectivity index (χ0v) is 7.46. The Labute approximate surface area is 63.9 Å². The number of rotatable bonds is 3. The SMILES string of the molecule is CC=CC(CN)[N+](C)(C)C. The zero-order chi connectivity index (χ0) is 8.20. The molecule has 2 heteroatoms. The van der Waals surface area contributed by atoms with Crippen molar-refractivity contribution >= 4 is 0 Å². The largest absolute Gasteiger partial charge is 0.325 e. The Morgan fingerprint density at radius 3 is 2.00 bits per heavy atom. The van der Waals surface area contributed by atoms with Gasteiger partial charge in [0.15, 0.2) is 0 Å². The third-order valence-electron chi connectivity index (χ3n) is 1.65. The maximum atomic E-state index is 5.58. The van der Waals surface area contributed by atoms with E-state index in [-0.39, 0.29) is 0 Å². The third-order valence-corrected chi connectivity index (χ3v) is 1.65. The summed E-state index contributed by atoms with van der Waals surface area (Å²) in [6.45, 7) is 2.74. The van der Waals surface area contributed by atoms with Gasteiger partial charge in [0.25, 0.3) is 0 Å². The molecule has 0 fully saturated rings. The summed E-state index contributed by atoms with van der Waals surface area (Å²) in [6, 6.07) is 0.449. The Morgan fingerprint density at radius 1 is 1.40 bits per heavy atom. The molecule has 60 valence electrons. The van der Waals surface area contributed by atoms with Crippen LogP contribution in [0.25, 0.3) is 0 Å². The van der Waals surface area contributed by atoms with Crippen LogP contribution in [0.1, 0.15) is 6.92 Å². The minimum atomic E-state index is 0.449. The van der Waals surface area contributed by atoms with Crippen LogP contribution < -0.4 is 5.73 Å². The van der Waals surface area contributed by atoms with Crippen LogP contribution in [0.2, 0.25) is 0 Å². The monoisotopic (exact) mass is 143 g/mol. The van der Waals surface area contributed by atoms with Gasteiger partial charge in [-0.05, 0) is 13.0 Å². The first-order valence-electron chi connectivity index (χ1n) is 3.66. The fraction of sp³-hybridized carbons (Fsp3) is 0.750. The number of nitrogens with two attached hydrogens (primary N) is 1. The molecule has 0 aliphatic heterocycles. The van der Waals surface area contributed by atoms with Crippen LogP contribution in [0.4, 0.5) is 0 Å². The van der Waals surface area contributed by atoms with Gasteiger partial charge in [0.05, 0.1) is 21.1 Å². The fourth-order valence-corrected chi connectivity index (χ4v) is 0.875. The van der Waals surface area contributed by atoms with Gasteiger partial charge in [0.1, 0.15) is 6.04 Å².